The maximum atomic E-state index is 11.6. The van der Waals surface area contributed by atoms with E-state index in [0.29, 0.717) is 22.0 Å². The van der Waals surface area contributed by atoms with Crippen LogP contribution in [-0.4, -0.2) is 70.6 Å². The van der Waals surface area contributed by atoms with Crippen LogP contribution in [0.15, 0.2) is 57.1 Å². The fourth-order valence-corrected chi connectivity index (χ4v) is 5.97. The number of thioether (sulfide) groups is 1. The molecule has 0 radical (unpaired) electrons. The number of nitrogen functional groups attached to an aromatic ring is 1. The van der Waals surface area contributed by atoms with Crippen molar-refractivity contribution >= 4 is 81.2 Å². The van der Waals surface area contributed by atoms with Gasteiger partial charge in [-0.2, -0.15) is 24.7 Å². The van der Waals surface area contributed by atoms with Gasteiger partial charge in [0, 0.05) is 16.9 Å². The number of carbonyl (C=O) groups is 4. The van der Waals surface area contributed by atoms with Crippen LogP contribution in [0.4, 0.5) is 34.2 Å². The van der Waals surface area contributed by atoms with Crippen molar-refractivity contribution in [1.82, 2.24) is 34.9 Å². The van der Waals surface area contributed by atoms with Gasteiger partial charge in [0.25, 0.3) is 11.1 Å². The topological polar surface area (TPSA) is 318 Å². The fraction of sp³-hybridized carbons (Fsp3) is 0.312. The molecule has 0 aliphatic heterocycles. The first-order chi connectivity index (χ1) is 25.3. The van der Waals surface area contributed by atoms with Crippen LogP contribution in [0.1, 0.15) is 67.4 Å². The summed E-state index contributed by atoms with van der Waals surface area (Å²) >= 11 is 2.77. The molecule has 0 aliphatic carbocycles. The number of hydrogen-bond donors (Lipinski definition) is 3. The minimum atomic E-state index is -1.68. The summed E-state index contributed by atoms with van der Waals surface area (Å²) in [4.78, 5) is 58.9. The monoisotopic (exact) mass is 868 g/mol. The smallest absolute Gasteiger partial charge is 0.545 e. The number of azo groups is 1. The molecule has 1 aromatic carbocycles. The van der Waals surface area contributed by atoms with Crippen LogP contribution in [0.5, 0.6) is 0 Å². The van der Waals surface area contributed by atoms with Gasteiger partial charge >= 0.3 is 118 Å². The second-order valence-electron chi connectivity index (χ2n) is 12.8. The molecular weight excluding hydrogens is 837 g/mol. The number of rotatable bonds is 17. The van der Waals surface area contributed by atoms with E-state index in [2.05, 4.69) is 71.5 Å². The van der Waals surface area contributed by atoms with Gasteiger partial charge < -0.3 is 56.0 Å². The summed E-state index contributed by atoms with van der Waals surface area (Å²) in [5.74, 6) is -6.31. The fourth-order valence-electron chi connectivity index (χ4n) is 4.33. The predicted molar refractivity (Wildman–Crippen MR) is 188 cm³/mol. The normalized spacial score (nSPS) is 11.5. The Morgan fingerprint density at radius 2 is 1.55 bits per heavy atom. The van der Waals surface area contributed by atoms with E-state index in [1.54, 1.807) is 0 Å². The molecule has 3 aromatic heterocycles. The zero-order valence-corrected chi connectivity index (χ0v) is 43.0. The molecule has 1 atom stereocenters. The maximum absolute atomic E-state index is 11.6. The molecule has 0 saturated carbocycles. The van der Waals surface area contributed by atoms with E-state index in [0.717, 1.165) is 34.7 Å². The number of aromatic nitrogens is 7. The summed E-state index contributed by atoms with van der Waals surface area (Å²) in [7, 11) is 0. The van der Waals surface area contributed by atoms with Gasteiger partial charge in [-0.3, -0.25) is 0 Å². The Hall–Kier alpha value is -2.29. The molecule has 4 aromatic rings. The summed E-state index contributed by atoms with van der Waals surface area (Å²) in [6.07, 6.45) is 1.33. The number of carboxylic acids is 4. The number of carboxylic acid groups (broad SMARTS) is 4. The second-order valence-corrected chi connectivity index (χ2v) is 15.0. The van der Waals surface area contributed by atoms with E-state index in [4.69, 9.17) is 5.73 Å². The van der Waals surface area contributed by atoms with E-state index in [1.165, 1.54) is 23.1 Å². The Morgan fingerprint density at radius 3 is 2.09 bits per heavy atom. The number of aromatic carboxylic acids is 2. The largest absolute Gasteiger partial charge is 1.00 e. The maximum Gasteiger partial charge on any atom is 1.00 e. The Labute approximate surface area is 429 Å². The van der Waals surface area contributed by atoms with Crippen LogP contribution in [0, 0.1) is 5.92 Å². The molecule has 284 valence electrons. The second kappa shape index (κ2) is 24.8. The number of nitrogens with two attached hydrogens (primary N) is 1. The zero-order chi connectivity index (χ0) is 39.9. The number of benzene rings is 1. The van der Waals surface area contributed by atoms with Gasteiger partial charge in [0.1, 0.15) is 0 Å². The molecule has 3 heterocycles. The van der Waals surface area contributed by atoms with Gasteiger partial charge in [-0.1, -0.05) is 70.4 Å². The van der Waals surface area contributed by atoms with Gasteiger partial charge in [-0.15, -0.1) is 20.4 Å². The standard InChI is InChI=1S/C32H36N12O8S2.4Na/c1-14(2)13-53-31-42-41-30(54-31)40-39-21-22(32(4,5)6)43-44(23(21)33)29-37-27(34-18(7-8-20(45)46)9-15(3)24(47)48)36-28(38-29)35-19-11-16(25(49)50)10-17(12-19)26(51)52;;;;/h7-8,10-12,14,18H,3,9,13,33H2,1-2,4-6H3,(H,45,46)(H,47,48)(H,49,50)(H,51,52)(H2,34,35,36,37,38);;;;/q;4*+1/p-4/b8-7+,40-39?;;;;. The Morgan fingerprint density at radius 1 is 0.948 bits per heavy atom. The third-order valence-corrected chi connectivity index (χ3v) is 9.15. The van der Waals surface area contributed by atoms with E-state index in [1.807, 2.05) is 20.8 Å². The van der Waals surface area contributed by atoms with Gasteiger partial charge in [0.15, 0.2) is 15.8 Å². The van der Waals surface area contributed by atoms with E-state index in [9.17, 15) is 39.6 Å². The third-order valence-electron chi connectivity index (χ3n) is 6.78. The molecule has 20 nitrogen and oxygen atoms in total. The third kappa shape index (κ3) is 16.3. The van der Waals surface area contributed by atoms with E-state index >= 15 is 0 Å². The van der Waals surface area contributed by atoms with Crippen LogP contribution < -0.4 is 155 Å². The van der Waals surface area contributed by atoms with Crippen LogP contribution in [0.2, 0.25) is 0 Å². The number of nitrogens with zero attached hydrogens (tertiary/aromatic N) is 9. The molecule has 58 heavy (non-hydrogen) atoms. The minimum absolute atomic E-state index is 0. The Bertz CT molecular complexity index is 2150. The molecule has 0 aliphatic rings. The van der Waals surface area contributed by atoms with Crippen molar-refractivity contribution in [3.63, 3.8) is 0 Å². The number of nitrogens with one attached hydrogen (secondary N) is 2. The molecule has 4 N–H and O–H groups in total. The van der Waals surface area contributed by atoms with Gasteiger partial charge in [0.05, 0.1) is 35.6 Å². The van der Waals surface area contributed by atoms with E-state index in [-0.39, 0.29) is 165 Å². The molecular formula is C32H32N12Na4O8S2. The number of aliphatic carboxylic acids is 2. The quantitative estimate of drug-likeness (QED) is 0.0384. The molecule has 0 fully saturated rings. The average Bonchev–Trinajstić information content (AvgIpc) is 3.68. The van der Waals surface area contributed by atoms with Crippen molar-refractivity contribution in [2.24, 2.45) is 16.1 Å². The predicted octanol–water partition coefficient (Wildman–Crippen LogP) is -11.8. The van der Waals surface area contributed by atoms with Crippen molar-refractivity contribution in [3.8, 4) is 5.95 Å². The van der Waals surface area contributed by atoms with Crippen LogP contribution in [0.3, 0.4) is 0 Å². The van der Waals surface area contributed by atoms with Crippen molar-refractivity contribution < 1.29 is 158 Å². The summed E-state index contributed by atoms with van der Waals surface area (Å²) in [6, 6.07) is 1.81. The molecule has 0 spiro atoms. The van der Waals surface area contributed by atoms with E-state index < -0.39 is 52.0 Å². The van der Waals surface area contributed by atoms with Crippen molar-refractivity contribution in [1.29, 1.82) is 0 Å². The zero-order valence-electron chi connectivity index (χ0n) is 33.3. The Balaban J connectivity index is 0.00000812. The SMILES string of the molecule is C=C(CC(/C=C/C(=O)[O-])Nc1nc(Nc2cc(C(=O)[O-])cc(C(=O)[O-])c2)nc(-n2nc(C(C)(C)C)c(N=Nc3nnc(SCC(C)C)s3)c2N)n1)C(=O)[O-].[Na+].[Na+].[Na+].[Na+]. The number of anilines is 4. The van der Waals surface area contributed by atoms with Gasteiger partial charge in [0.2, 0.25) is 11.9 Å². The first-order valence-electron chi connectivity index (χ1n) is 15.7. The van der Waals surface area contributed by atoms with Crippen LogP contribution >= 0.6 is 23.1 Å². The molecule has 4 rings (SSSR count). The molecule has 0 saturated heterocycles. The average molecular weight is 869 g/mol. The van der Waals surface area contributed by atoms with Crippen molar-refractivity contribution in [3.05, 3.63) is 59.3 Å². The van der Waals surface area contributed by atoms with Crippen LogP contribution in [-0.2, 0) is 15.0 Å². The minimum Gasteiger partial charge on any atom is -0.545 e. The summed E-state index contributed by atoms with van der Waals surface area (Å²) in [5, 5.41) is 73.0. The summed E-state index contributed by atoms with van der Waals surface area (Å²) in [5.41, 5.74) is 4.84. The van der Waals surface area contributed by atoms with Crippen LogP contribution in [0.25, 0.3) is 5.95 Å². The van der Waals surface area contributed by atoms with Crippen molar-refractivity contribution in [2.75, 3.05) is 22.1 Å². The molecule has 1 unspecified atom stereocenters. The van der Waals surface area contributed by atoms with Crippen molar-refractivity contribution in [2.45, 2.75) is 56.8 Å². The Kier molecular flexibility index (Phi) is 23.9. The number of hydrogen-bond acceptors (Lipinski definition) is 21. The molecule has 0 amide bonds. The summed E-state index contributed by atoms with van der Waals surface area (Å²) < 4.78 is 1.81. The molecule has 26 heteroatoms. The first kappa shape index (κ1) is 55.7. The number of carbonyl (C=O) groups excluding carboxylic acids is 4. The van der Waals surface area contributed by atoms with Gasteiger partial charge in [-0.25, -0.2) is 0 Å². The van der Waals surface area contributed by atoms with Gasteiger partial charge in [-0.05, 0) is 53.3 Å². The first-order valence-corrected chi connectivity index (χ1v) is 17.5. The summed E-state index contributed by atoms with van der Waals surface area (Å²) in [6.45, 7) is 13.1. The molecule has 0 bridgehead atoms.